The Kier molecular flexibility index (Phi) is 3.79. The molecule has 1 aromatic rings. The zero-order valence-electron chi connectivity index (χ0n) is 8.14. The largest absolute Gasteiger partial charge is 0.236 e. The minimum atomic E-state index is -3.74. The maximum absolute atomic E-state index is 13.6. The molecule has 0 radical (unpaired) electrons. The molecule has 0 atom stereocenters. The lowest BCUT2D eigenvalue weighted by Crippen LogP contribution is -2.03. The van der Waals surface area contributed by atoms with Crippen molar-refractivity contribution in [3.63, 3.8) is 0 Å². The Balaban J connectivity index is 3.40. The van der Waals surface area contributed by atoms with Gasteiger partial charge in [0.1, 0.15) is 5.82 Å². The van der Waals surface area contributed by atoms with Gasteiger partial charge in [-0.1, -0.05) is 0 Å². The first kappa shape index (κ1) is 12.9. The van der Waals surface area contributed by atoms with Gasteiger partial charge in [-0.25, -0.2) is 12.8 Å². The lowest BCUT2D eigenvalue weighted by atomic mass is 10.0. The SMILES string of the molecule is Cc1cc(Br)c(F)c(CS(=O)(=O)Cl)c1C. The molecule has 0 spiro atoms. The van der Waals surface area contributed by atoms with Crippen LogP contribution >= 0.6 is 26.6 Å². The average molecular weight is 316 g/mol. The number of aryl methyl sites for hydroxylation is 1. The highest BCUT2D eigenvalue weighted by Crippen LogP contribution is 2.27. The summed E-state index contributed by atoms with van der Waals surface area (Å²) in [6.07, 6.45) is 0. The van der Waals surface area contributed by atoms with Gasteiger partial charge in [-0.05, 0) is 47.0 Å². The molecule has 84 valence electrons. The Morgan fingerprint density at radius 2 is 2.00 bits per heavy atom. The monoisotopic (exact) mass is 314 g/mol. The first-order chi connectivity index (χ1) is 6.72. The number of hydrogen-bond acceptors (Lipinski definition) is 2. The maximum Gasteiger partial charge on any atom is 0.236 e. The van der Waals surface area contributed by atoms with Gasteiger partial charge in [0.2, 0.25) is 9.05 Å². The quantitative estimate of drug-likeness (QED) is 0.785. The highest BCUT2D eigenvalue weighted by molar-refractivity contribution is 9.10. The normalized spacial score (nSPS) is 11.8. The molecule has 0 unspecified atom stereocenters. The fraction of sp³-hybridized carbons (Fsp3) is 0.333. The molecule has 6 heteroatoms. The third-order valence-corrected chi connectivity index (χ3v) is 3.72. The van der Waals surface area contributed by atoms with Crippen LogP contribution in [-0.4, -0.2) is 8.42 Å². The van der Waals surface area contributed by atoms with Crippen LogP contribution in [0.3, 0.4) is 0 Å². The minimum absolute atomic E-state index is 0.122. The Bertz CT molecular complexity index is 473. The lowest BCUT2D eigenvalue weighted by molar-refractivity contribution is 0.593. The topological polar surface area (TPSA) is 34.1 Å². The van der Waals surface area contributed by atoms with Crippen molar-refractivity contribution in [3.8, 4) is 0 Å². The predicted molar refractivity (Wildman–Crippen MR) is 62.1 cm³/mol. The second-order valence-corrected chi connectivity index (χ2v) is 6.91. The van der Waals surface area contributed by atoms with E-state index in [1.165, 1.54) is 0 Å². The van der Waals surface area contributed by atoms with Gasteiger partial charge in [-0.15, -0.1) is 0 Å². The smallest absolute Gasteiger partial charge is 0.212 e. The Morgan fingerprint density at radius 3 is 2.47 bits per heavy atom. The van der Waals surface area contributed by atoms with Crippen LogP contribution in [0, 0.1) is 19.7 Å². The van der Waals surface area contributed by atoms with Crippen LogP contribution < -0.4 is 0 Å². The van der Waals surface area contributed by atoms with Gasteiger partial charge < -0.3 is 0 Å². The van der Waals surface area contributed by atoms with Crippen LogP contribution in [0.15, 0.2) is 10.5 Å². The third-order valence-electron chi connectivity index (χ3n) is 2.18. The zero-order valence-corrected chi connectivity index (χ0v) is 11.3. The first-order valence-electron chi connectivity index (χ1n) is 4.09. The molecular weight excluding hydrogens is 307 g/mol. The minimum Gasteiger partial charge on any atom is -0.212 e. The number of benzene rings is 1. The molecule has 0 aromatic heterocycles. The molecule has 1 aromatic carbocycles. The lowest BCUT2D eigenvalue weighted by Gasteiger charge is -2.10. The van der Waals surface area contributed by atoms with Crippen molar-refractivity contribution in [1.29, 1.82) is 0 Å². The van der Waals surface area contributed by atoms with Gasteiger partial charge in [0, 0.05) is 16.2 Å². The van der Waals surface area contributed by atoms with Crippen molar-refractivity contribution in [1.82, 2.24) is 0 Å². The summed E-state index contributed by atoms with van der Waals surface area (Å²) in [5.41, 5.74) is 1.55. The third kappa shape index (κ3) is 3.16. The fourth-order valence-corrected chi connectivity index (χ4v) is 2.85. The van der Waals surface area contributed by atoms with E-state index in [0.717, 1.165) is 5.56 Å². The predicted octanol–water partition coefficient (Wildman–Crippen LogP) is 3.27. The number of hydrogen-bond donors (Lipinski definition) is 0. The summed E-state index contributed by atoms with van der Waals surface area (Å²) in [4.78, 5) is 0. The molecule has 0 saturated heterocycles. The first-order valence-corrected chi connectivity index (χ1v) is 7.36. The van der Waals surface area contributed by atoms with Crippen molar-refractivity contribution in [2.45, 2.75) is 19.6 Å². The highest BCUT2D eigenvalue weighted by atomic mass is 79.9. The molecule has 0 aliphatic carbocycles. The zero-order chi connectivity index (χ0) is 11.8. The molecule has 15 heavy (non-hydrogen) atoms. The van der Waals surface area contributed by atoms with E-state index < -0.39 is 20.6 Å². The molecule has 1 rings (SSSR count). The van der Waals surface area contributed by atoms with E-state index in [-0.39, 0.29) is 10.0 Å². The molecule has 0 heterocycles. The molecule has 0 saturated carbocycles. The molecule has 0 aliphatic heterocycles. The van der Waals surface area contributed by atoms with Crippen molar-refractivity contribution in [2.24, 2.45) is 0 Å². The second-order valence-electron chi connectivity index (χ2n) is 3.28. The van der Waals surface area contributed by atoms with Gasteiger partial charge in [0.05, 0.1) is 10.2 Å². The summed E-state index contributed by atoms with van der Waals surface area (Å²) in [7, 11) is 1.36. The molecule has 0 N–H and O–H groups in total. The van der Waals surface area contributed by atoms with Gasteiger partial charge in [0.15, 0.2) is 0 Å². The maximum atomic E-state index is 13.6. The second kappa shape index (κ2) is 4.39. The summed E-state index contributed by atoms with van der Waals surface area (Å²) in [6, 6.07) is 1.61. The van der Waals surface area contributed by atoms with Gasteiger partial charge in [0.25, 0.3) is 0 Å². The van der Waals surface area contributed by atoms with Crippen molar-refractivity contribution >= 4 is 35.7 Å². The van der Waals surface area contributed by atoms with E-state index in [1.54, 1.807) is 19.9 Å². The average Bonchev–Trinajstić information content (AvgIpc) is 2.08. The van der Waals surface area contributed by atoms with E-state index >= 15 is 0 Å². The molecular formula is C9H9BrClFO2S. The van der Waals surface area contributed by atoms with E-state index in [1.807, 2.05) is 0 Å². The van der Waals surface area contributed by atoms with Crippen LogP contribution in [0.25, 0.3) is 0 Å². The molecule has 0 aliphatic rings. The standard InChI is InChI=1S/C9H9BrClFO2S/c1-5-3-8(10)9(12)7(6(5)2)4-15(11,13)14/h3H,4H2,1-2H3. The van der Waals surface area contributed by atoms with Gasteiger partial charge >= 0.3 is 0 Å². The summed E-state index contributed by atoms with van der Waals surface area (Å²) in [5, 5.41) is 0. The van der Waals surface area contributed by atoms with E-state index in [4.69, 9.17) is 10.7 Å². The van der Waals surface area contributed by atoms with Crippen LogP contribution in [0.1, 0.15) is 16.7 Å². The Hall–Kier alpha value is -0.130. The number of rotatable bonds is 2. The summed E-state index contributed by atoms with van der Waals surface area (Å²) in [5.74, 6) is -1.06. The Labute approximate surface area is 101 Å². The summed E-state index contributed by atoms with van der Waals surface area (Å²) in [6.45, 7) is 3.45. The van der Waals surface area contributed by atoms with Crippen LogP contribution in [0.2, 0.25) is 0 Å². The molecule has 0 amide bonds. The Morgan fingerprint density at radius 1 is 1.47 bits per heavy atom. The van der Waals surface area contributed by atoms with Crippen LogP contribution in [-0.2, 0) is 14.8 Å². The van der Waals surface area contributed by atoms with E-state index in [2.05, 4.69) is 15.9 Å². The summed E-state index contributed by atoms with van der Waals surface area (Å²) >= 11 is 3.03. The van der Waals surface area contributed by atoms with Crippen LogP contribution in [0.4, 0.5) is 4.39 Å². The van der Waals surface area contributed by atoms with Crippen molar-refractivity contribution in [2.75, 3.05) is 0 Å². The molecule has 2 nitrogen and oxygen atoms in total. The van der Waals surface area contributed by atoms with E-state index in [0.29, 0.717) is 5.56 Å². The van der Waals surface area contributed by atoms with Crippen LogP contribution in [0.5, 0.6) is 0 Å². The molecule has 0 bridgehead atoms. The van der Waals surface area contributed by atoms with Crippen molar-refractivity contribution < 1.29 is 12.8 Å². The number of halogens is 3. The molecule has 0 fully saturated rings. The van der Waals surface area contributed by atoms with Crippen molar-refractivity contribution in [3.05, 3.63) is 33.0 Å². The van der Waals surface area contributed by atoms with E-state index in [9.17, 15) is 12.8 Å². The van der Waals surface area contributed by atoms with Gasteiger partial charge in [-0.3, -0.25) is 0 Å². The fourth-order valence-electron chi connectivity index (χ4n) is 1.25. The summed E-state index contributed by atoms with van der Waals surface area (Å²) < 4.78 is 35.7. The highest BCUT2D eigenvalue weighted by Gasteiger charge is 2.17. The van der Waals surface area contributed by atoms with Gasteiger partial charge in [-0.2, -0.15) is 0 Å².